The molecule has 10 aromatic carbocycles. The Hall–Kier alpha value is -8.25. The summed E-state index contributed by atoms with van der Waals surface area (Å²) in [4.78, 5) is 15.9. The van der Waals surface area contributed by atoms with Crippen LogP contribution >= 0.6 is 11.3 Å². The maximum atomic E-state index is 5.39. The Morgan fingerprint density at radius 3 is 1.70 bits per heavy atom. The topological polar surface area (TPSA) is 43.6 Å². The van der Waals surface area contributed by atoms with E-state index >= 15 is 0 Å². The largest absolute Gasteiger partial charge is 0.308 e. The lowest BCUT2D eigenvalue weighted by molar-refractivity contribution is 1.06. The lowest BCUT2D eigenvalue weighted by Gasteiger charge is -2.17. The maximum absolute atomic E-state index is 5.39. The predicted molar refractivity (Wildman–Crippen MR) is 269 cm³/mol. The molecule has 0 unspecified atom stereocenters. The third-order valence-corrected chi connectivity index (χ3v) is 13.9. The molecule has 298 valence electrons. The first kappa shape index (κ1) is 36.4. The second-order valence-electron chi connectivity index (χ2n) is 16.3. The summed E-state index contributed by atoms with van der Waals surface area (Å²) in [7, 11) is 0. The quantitative estimate of drug-likeness (QED) is 0.168. The zero-order valence-corrected chi connectivity index (χ0v) is 35.3. The van der Waals surface area contributed by atoms with Gasteiger partial charge in [0.05, 0.1) is 16.7 Å². The van der Waals surface area contributed by atoms with Gasteiger partial charge < -0.3 is 4.57 Å². The van der Waals surface area contributed by atoms with Gasteiger partial charge in [-0.3, -0.25) is 0 Å². The molecule has 0 fully saturated rings. The van der Waals surface area contributed by atoms with Gasteiger partial charge in [0.25, 0.3) is 0 Å². The van der Waals surface area contributed by atoms with Crippen molar-refractivity contribution in [2.45, 2.75) is 0 Å². The molecule has 0 atom stereocenters. The Morgan fingerprint density at radius 1 is 0.344 bits per heavy atom. The first-order chi connectivity index (χ1) is 31.7. The van der Waals surface area contributed by atoms with Crippen LogP contribution in [0.25, 0.3) is 126 Å². The molecule has 0 amide bonds. The van der Waals surface area contributed by atoms with Crippen LogP contribution in [0.1, 0.15) is 0 Å². The highest BCUT2D eigenvalue weighted by Crippen LogP contribution is 2.44. The standard InChI is InChI=1S/C59H36N4S/c1-3-14-37(15-4-1)43-31-33-49(52(36-43)63-51-35-32-38-16-7-9-20-44(38)54(51)50-34-30-39-17-8-10-21-45(39)55(50)63)59-61-57(41-18-5-2-6-19-41)60-58(62-59)42-28-26-40(27-29-42)46-23-13-24-48-47-22-11-12-25-53(47)64-56(46)48/h1-36H. The number of benzene rings is 10. The van der Waals surface area contributed by atoms with Gasteiger partial charge in [0, 0.05) is 53.0 Å². The second-order valence-corrected chi connectivity index (χ2v) is 17.4. The van der Waals surface area contributed by atoms with E-state index < -0.39 is 0 Å². The van der Waals surface area contributed by atoms with Crippen molar-refractivity contribution >= 4 is 74.9 Å². The molecule has 4 nitrogen and oxygen atoms in total. The summed E-state index contributed by atoms with van der Waals surface area (Å²) < 4.78 is 5.05. The molecule has 3 heterocycles. The fourth-order valence-corrected chi connectivity index (χ4v) is 10.9. The lowest BCUT2D eigenvalue weighted by atomic mass is 10.0. The van der Waals surface area contributed by atoms with Crippen LogP contribution in [0.2, 0.25) is 0 Å². The summed E-state index contributed by atoms with van der Waals surface area (Å²) >= 11 is 1.85. The minimum atomic E-state index is 0.605. The molecule has 64 heavy (non-hydrogen) atoms. The summed E-state index contributed by atoms with van der Waals surface area (Å²) in [5.41, 5.74) is 10.7. The van der Waals surface area contributed by atoms with E-state index in [-0.39, 0.29) is 0 Å². The fraction of sp³-hybridized carbons (Fsp3) is 0. The van der Waals surface area contributed by atoms with Gasteiger partial charge in [-0.15, -0.1) is 11.3 Å². The smallest absolute Gasteiger partial charge is 0.166 e. The molecule has 0 radical (unpaired) electrons. The number of hydrogen-bond donors (Lipinski definition) is 0. The van der Waals surface area contributed by atoms with Crippen molar-refractivity contribution in [3.05, 3.63) is 218 Å². The highest BCUT2D eigenvalue weighted by Gasteiger charge is 2.23. The molecular weight excluding hydrogens is 797 g/mol. The SMILES string of the molecule is c1ccc(-c2ccc(-c3nc(-c4ccccc4)nc(-c4ccc(-c5cccc6c5sc5ccccc56)cc4)n3)c(-n3c4ccc5ccccc5c4c4ccc5ccccc5c43)c2)cc1. The van der Waals surface area contributed by atoms with Crippen molar-refractivity contribution in [2.24, 2.45) is 0 Å². The Bertz CT molecular complexity index is 3940. The molecule has 0 saturated heterocycles. The van der Waals surface area contributed by atoms with E-state index in [4.69, 9.17) is 15.0 Å². The Morgan fingerprint density at radius 2 is 0.922 bits per heavy atom. The van der Waals surface area contributed by atoms with Crippen molar-refractivity contribution in [3.63, 3.8) is 0 Å². The number of hydrogen-bond acceptors (Lipinski definition) is 4. The molecule has 0 aliphatic carbocycles. The summed E-state index contributed by atoms with van der Waals surface area (Å²) in [6, 6.07) is 78.0. The third-order valence-electron chi connectivity index (χ3n) is 12.7. The number of rotatable bonds is 6. The highest BCUT2D eigenvalue weighted by atomic mass is 32.1. The first-order valence-corrected chi connectivity index (χ1v) is 22.4. The van der Waals surface area contributed by atoms with Crippen LogP contribution in [0.3, 0.4) is 0 Å². The molecule has 0 aliphatic heterocycles. The molecule has 3 aromatic heterocycles. The van der Waals surface area contributed by atoms with Crippen LogP contribution in [-0.4, -0.2) is 19.5 Å². The predicted octanol–water partition coefficient (Wildman–Crippen LogP) is 16.0. The molecular formula is C59H36N4S. The second kappa shape index (κ2) is 14.7. The van der Waals surface area contributed by atoms with Gasteiger partial charge in [0.1, 0.15) is 0 Å². The summed E-state index contributed by atoms with van der Waals surface area (Å²) in [6.07, 6.45) is 0. The Kier molecular flexibility index (Phi) is 8.36. The van der Waals surface area contributed by atoms with Crippen LogP contribution in [0.4, 0.5) is 0 Å². The Balaban J connectivity index is 1.06. The van der Waals surface area contributed by atoms with E-state index in [1.54, 1.807) is 0 Å². The molecule has 13 rings (SSSR count). The molecule has 13 aromatic rings. The average molecular weight is 833 g/mol. The van der Waals surface area contributed by atoms with E-state index in [2.05, 4.69) is 205 Å². The normalized spacial score (nSPS) is 11.8. The highest BCUT2D eigenvalue weighted by molar-refractivity contribution is 7.26. The van der Waals surface area contributed by atoms with Gasteiger partial charge in [-0.2, -0.15) is 0 Å². The fourth-order valence-electron chi connectivity index (χ4n) is 9.63. The molecule has 5 heteroatoms. The number of aromatic nitrogens is 4. The third kappa shape index (κ3) is 5.86. The Labute approximate surface area is 373 Å². The van der Waals surface area contributed by atoms with Gasteiger partial charge >= 0.3 is 0 Å². The zero-order valence-electron chi connectivity index (χ0n) is 34.5. The number of fused-ring (bicyclic) bond motifs is 10. The van der Waals surface area contributed by atoms with Crippen molar-refractivity contribution < 1.29 is 0 Å². The monoisotopic (exact) mass is 832 g/mol. The number of nitrogens with zero attached hydrogens (tertiary/aromatic N) is 4. The molecule has 0 saturated carbocycles. The maximum Gasteiger partial charge on any atom is 0.166 e. The van der Waals surface area contributed by atoms with Crippen LogP contribution in [0.15, 0.2) is 218 Å². The summed E-state index contributed by atoms with van der Waals surface area (Å²) in [5, 5.41) is 9.81. The van der Waals surface area contributed by atoms with Gasteiger partial charge in [-0.05, 0) is 62.7 Å². The van der Waals surface area contributed by atoms with Crippen LogP contribution in [0.5, 0.6) is 0 Å². The van der Waals surface area contributed by atoms with E-state index in [9.17, 15) is 0 Å². The minimum Gasteiger partial charge on any atom is -0.308 e. The van der Waals surface area contributed by atoms with Crippen LogP contribution in [0, 0.1) is 0 Å². The summed E-state index contributed by atoms with van der Waals surface area (Å²) in [6.45, 7) is 0. The van der Waals surface area contributed by atoms with Gasteiger partial charge in [0.2, 0.25) is 0 Å². The van der Waals surface area contributed by atoms with Gasteiger partial charge in [0.15, 0.2) is 17.5 Å². The number of thiophene rings is 1. The van der Waals surface area contributed by atoms with E-state index in [0.717, 1.165) is 50.1 Å². The molecule has 0 N–H and O–H groups in total. The minimum absolute atomic E-state index is 0.605. The van der Waals surface area contributed by atoms with Crippen molar-refractivity contribution in [1.82, 2.24) is 19.5 Å². The van der Waals surface area contributed by atoms with Crippen molar-refractivity contribution in [1.29, 1.82) is 0 Å². The van der Waals surface area contributed by atoms with Crippen LogP contribution in [-0.2, 0) is 0 Å². The molecule has 0 spiro atoms. The van der Waals surface area contributed by atoms with Gasteiger partial charge in [-0.25, -0.2) is 15.0 Å². The molecule has 0 aliphatic rings. The van der Waals surface area contributed by atoms with Crippen molar-refractivity contribution in [2.75, 3.05) is 0 Å². The lowest BCUT2D eigenvalue weighted by Crippen LogP contribution is -2.04. The van der Waals surface area contributed by atoms with E-state index in [0.29, 0.717) is 17.5 Å². The van der Waals surface area contributed by atoms with Gasteiger partial charge in [-0.1, -0.05) is 194 Å². The van der Waals surface area contributed by atoms with E-state index in [1.165, 1.54) is 58.1 Å². The van der Waals surface area contributed by atoms with E-state index in [1.807, 2.05) is 29.5 Å². The first-order valence-electron chi connectivity index (χ1n) is 21.6. The van der Waals surface area contributed by atoms with Crippen LogP contribution < -0.4 is 0 Å². The average Bonchev–Trinajstić information content (AvgIpc) is 3.93. The zero-order chi connectivity index (χ0) is 42.1. The van der Waals surface area contributed by atoms with Crippen molar-refractivity contribution in [3.8, 4) is 62.1 Å². The molecule has 0 bridgehead atoms. The summed E-state index contributed by atoms with van der Waals surface area (Å²) in [5.74, 6) is 1.84.